The van der Waals surface area contributed by atoms with Crippen molar-refractivity contribution in [2.75, 3.05) is 26.0 Å². The topological polar surface area (TPSA) is 102 Å². The Bertz CT molecular complexity index is 1260. The molecule has 0 fully saturated rings. The van der Waals surface area contributed by atoms with Crippen LogP contribution in [-0.2, 0) is 0 Å². The molecule has 0 saturated heterocycles. The van der Waals surface area contributed by atoms with Gasteiger partial charge in [-0.15, -0.1) is 0 Å². The van der Waals surface area contributed by atoms with E-state index in [9.17, 15) is 4.79 Å². The number of carbonyl (C=O) groups is 1. The van der Waals surface area contributed by atoms with Gasteiger partial charge in [0.1, 0.15) is 17.9 Å². The molecule has 0 unspecified atom stereocenters. The second kappa shape index (κ2) is 9.38. The van der Waals surface area contributed by atoms with Crippen LogP contribution in [0.5, 0.6) is 5.75 Å². The van der Waals surface area contributed by atoms with Crippen molar-refractivity contribution in [2.45, 2.75) is 12.8 Å². The Balaban J connectivity index is 1.55. The Morgan fingerprint density at radius 3 is 2.81 bits per heavy atom. The van der Waals surface area contributed by atoms with Crippen molar-refractivity contribution < 1.29 is 9.53 Å². The minimum absolute atomic E-state index is 0.124. The summed E-state index contributed by atoms with van der Waals surface area (Å²) < 4.78 is 5.25. The minimum atomic E-state index is -0.124. The Morgan fingerprint density at radius 1 is 1.12 bits per heavy atom. The highest BCUT2D eigenvalue weighted by Crippen LogP contribution is 2.27. The number of hydrogen-bond donors (Lipinski definition) is 2. The largest absolute Gasteiger partial charge is 0.495 e. The number of fused-ring (bicyclic) bond motifs is 1. The molecule has 4 rings (SSSR count). The van der Waals surface area contributed by atoms with Gasteiger partial charge in [0.05, 0.1) is 30.1 Å². The zero-order chi connectivity index (χ0) is 22.5. The molecule has 0 radical (unpaired) electrons. The first-order valence-electron chi connectivity index (χ1n) is 10.3. The smallest absolute Gasteiger partial charge is 0.251 e. The standard InChI is InChI=1S/C24H24N6O2/c1-15(18-5-4-6-19-20(24(31)25-2)7-8-27-23(18)19)11-28-22-10-21(29-14-30-22)16-9-17(32-3)13-26-12-16/h4-10,12-15H,11H2,1-3H3,(H,25,31)(H,28,29,30)/t15-/m1/s1. The van der Waals surface area contributed by atoms with E-state index in [-0.39, 0.29) is 11.8 Å². The fourth-order valence-corrected chi connectivity index (χ4v) is 3.58. The number of aromatic nitrogens is 4. The van der Waals surface area contributed by atoms with Crippen molar-refractivity contribution in [1.29, 1.82) is 0 Å². The molecule has 0 saturated carbocycles. The molecule has 2 N–H and O–H groups in total. The molecule has 0 aliphatic heterocycles. The lowest BCUT2D eigenvalue weighted by Gasteiger charge is -2.16. The van der Waals surface area contributed by atoms with Gasteiger partial charge in [-0.05, 0) is 17.7 Å². The van der Waals surface area contributed by atoms with Gasteiger partial charge in [-0.2, -0.15) is 0 Å². The molecule has 1 atom stereocenters. The van der Waals surface area contributed by atoms with E-state index in [1.165, 1.54) is 6.33 Å². The molecular formula is C24H24N6O2. The number of para-hydroxylation sites is 1. The van der Waals surface area contributed by atoms with Gasteiger partial charge < -0.3 is 15.4 Å². The van der Waals surface area contributed by atoms with E-state index in [0.29, 0.717) is 23.7 Å². The van der Waals surface area contributed by atoms with Gasteiger partial charge in [0.25, 0.3) is 5.91 Å². The maximum Gasteiger partial charge on any atom is 0.251 e. The highest BCUT2D eigenvalue weighted by molar-refractivity contribution is 6.06. The van der Waals surface area contributed by atoms with Crippen molar-refractivity contribution >= 4 is 22.6 Å². The number of nitrogens with one attached hydrogen (secondary N) is 2. The Hall–Kier alpha value is -4.07. The van der Waals surface area contributed by atoms with Crippen LogP contribution in [0, 0.1) is 0 Å². The molecule has 1 amide bonds. The first-order chi connectivity index (χ1) is 15.6. The molecule has 1 aromatic carbocycles. The number of anilines is 1. The van der Waals surface area contributed by atoms with Crippen molar-refractivity contribution in [3.05, 3.63) is 72.4 Å². The summed E-state index contributed by atoms with van der Waals surface area (Å²) in [7, 11) is 3.23. The number of pyridine rings is 2. The zero-order valence-corrected chi connectivity index (χ0v) is 18.2. The highest BCUT2D eigenvalue weighted by atomic mass is 16.5. The van der Waals surface area contributed by atoms with E-state index in [2.05, 4.69) is 37.5 Å². The third-order valence-corrected chi connectivity index (χ3v) is 5.31. The Kier molecular flexibility index (Phi) is 6.21. The number of nitrogens with zero attached hydrogens (tertiary/aromatic N) is 4. The lowest BCUT2D eigenvalue weighted by Crippen LogP contribution is -2.18. The predicted molar refractivity (Wildman–Crippen MR) is 124 cm³/mol. The van der Waals surface area contributed by atoms with E-state index < -0.39 is 0 Å². The molecule has 0 aliphatic carbocycles. The summed E-state index contributed by atoms with van der Waals surface area (Å²) in [6.07, 6.45) is 6.59. The average Bonchev–Trinajstić information content (AvgIpc) is 2.86. The maximum atomic E-state index is 12.2. The van der Waals surface area contributed by atoms with Gasteiger partial charge in [-0.3, -0.25) is 14.8 Å². The van der Waals surface area contributed by atoms with Crippen LogP contribution in [0.25, 0.3) is 22.2 Å². The van der Waals surface area contributed by atoms with Crippen LogP contribution in [0.15, 0.2) is 61.3 Å². The summed E-state index contributed by atoms with van der Waals surface area (Å²) in [4.78, 5) is 29.7. The maximum absolute atomic E-state index is 12.2. The summed E-state index contributed by atoms with van der Waals surface area (Å²) in [5.74, 6) is 1.39. The van der Waals surface area contributed by atoms with E-state index >= 15 is 0 Å². The molecule has 8 heteroatoms. The fraction of sp³-hybridized carbons (Fsp3) is 0.208. The molecule has 32 heavy (non-hydrogen) atoms. The highest BCUT2D eigenvalue weighted by Gasteiger charge is 2.15. The summed E-state index contributed by atoms with van der Waals surface area (Å²) >= 11 is 0. The number of benzene rings is 1. The van der Waals surface area contributed by atoms with Crippen molar-refractivity contribution in [2.24, 2.45) is 0 Å². The third kappa shape index (κ3) is 4.34. The van der Waals surface area contributed by atoms with Gasteiger partial charge >= 0.3 is 0 Å². The van der Waals surface area contributed by atoms with Crippen LogP contribution in [-0.4, -0.2) is 46.5 Å². The molecule has 0 spiro atoms. The zero-order valence-electron chi connectivity index (χ0n) is 18.2. The predicted octanol–water partition coefficient (Wildman–Crippen LogP) is 3.67. The van der Waals surface area contributed by atoms with E-state index in [1.807, 2.05) is 30.3 Å². The number of ether oxygens (including phenoxy) is 1. The van der Waals surface area contributed by atoms with Gasteiger partial charge in [0, 0.05) is 48.9 Å². The number of hydrogen-bond acceptors (Lipinski definition) is 7. The number of amides is 1. The van der Waals surface area contributed by atoms with E-state index in [0.717, 1.165) is 27.7 Å². The van der Waals surface area contributed by atoms with Crippen molar-refractivity contribution in [1.82, 2.24) is 25.3 Å². The number of carbonyl (C=O) groups excluding carboxylic acids is 1. The summed E-state index contributed by atoms with van der Waals surface area (Å²) in [6.45, 7) is 2.75. The van der Waals surface area contributed by atoms with Gasteiger partial charge in [0.2, 0.25) is 0 Å². The van der Waals surface area contributed by atoms with Gasteiger partial charge in [0.15, 0.2) is 0 Å². The molecule has 8 nitrogen and oxygen atoms in total. The van der Waals surface area contributed by atoms with Gasteiger partial charge in [-0.25, -0.2) is 9.97 Å². The van der Waals surface area contributed by atoms with Crippen LogP contribution < -0.4 is 15.4 Å². The van der Waals surface area contributed by atoms with E-state index in [4.69, 9.17) is 4.74 Å². The number of methoxy groups -OCH3 is 1. The van der Waals surface area contributed by atoms with E-state index in [1.54, 1.807) is 38.8 Å². The quantitative estimate of drug-likeness (QED) is 0.463. The lowest BCUT2D eigenvalue weighted by atomic mass is 9.96. The van der Waals surface area contributed by atoms with Crippen LogP contribution in [0.1, 0.15) is 28.8 Å². The molecule has 0 aliphatic rings. The summed E-state index contributed by atoms with van der Waals surface area (Å²) in [5, 5.41) is 6.91. The minimum Gasteiger partial charge on any atom is -0.495 e. The van der Waals surface area contributed by atoms with Crippen LogP contribution in [0.3, 0.4) is 0 Å². The van der Waals surface area contributed by atoms with Crippen LogP contribution >= 0.6 is 0 Å². The monoisotopic (exact) mass is 428 g/mol. The number of rotatable bonds is 7. The fourth-order valence-electron chi connectivity index (χ4n) is 3.58. The normalized spacial score (nSPS) is 11.7. The van der Waals surface area contributed by atoms with Crippen molar-refractivity contribution in [3.8, 4) is 17.0 Å². The van der Waals surface area contributed by atoms with Crippen molar-refractivity contribution in [3.63, 3.8) is 0 Å². The molecular weight excluding hydrogens is 404 g/mol. The van der Waals surface area contributed by atoms with Crippen LogP contribution in [0.2, 0.25) is 0 Å². The van der Waals surface area contributed by atoms with Crippen LogP contribution in [0.4, 0.5) is 5.82 Å². The average molecular weight is 428 g/mol. The molecule has 4 aromatic rings. The SMILES string of the molecule is CNC(=O)c1ccnc2c([C@H](C)CNc3cc(-c4cncc(OC)c4)ncn3)cccc12. The second-order valence-corrected chi connectivity index (χ2v) is 7.36. The molecule has 3 heterocycles. The Morgan fingerprint density at radius 2 is 2.00 bits per heavy atom. The molecule has 0 bridgehead atoms. The van der Waals surface area contributed by atoms with Gasteiger partial charge in [-0.1, -0.05) is 25.1 Å². The molecule has 162 valence electrons. The summed E-state index contributed by atoms with van der Waals surface area (Å²) in [5.41, 5.74) is 4.11. The lowest BCUT2D eigenvalue weighted by molar-refractivity contribution is 0.0964. The first kappa shape index (κ1) is 21.2. The third-order valence-electron chi connectivity index (χ3n) is 5.31. The first-order valence-corrected chi connectivity index (χ1v) is 10.3. The summed E-state index contributed by atoms with van der Waals surface area (Å²) in [6, 6.07) is 11.4. The molecule has 3 aromatic heterocycles. The second-order valence-electron chi connectivity index (χ2n) is 7.36. The Labute approximate surface area is 186 Å².